The van der Waals surface area contributed by atoms with Gasteiger partial charge in [0, 0.05) is 16.6 Å². The third-order valence-electron chi connectivity index (χ3n) is 2.99. The van der Waals surface area contributed by atoms with Crippen LogP contribution < -0.4 is 5.32 Å². The number of aryl methyl sites for hydroxylation is 2. The van der Waals surface area contributed by atoms with Gasteiger partial charge < -0.3 is 10.3 Å². The van der Waals surface area contributed by atoms with Gasteiger partial charge in [0.15, 0.2) is 0 Å². The van der Waals surface area contributed by atoms with E-state index in [0.717, 1.165) is 34.7 Å². The fraction of sp³-hybridized carbons (Fsp3) is 0.357. The Bertz CT molecular complexity index is 546. The van der Waals surface area contributed by atoms with Gasteiger partial charge in [-0.05, 0) is 38.1 Å². The minimum Gasteiger partial charge on any atom is -0.345 e. The van der Waals surface area contributed by atoms with Crippen molar-refractivity contribution in [2.45, 2.75) is 26.8 Å². The monoisotopic (exact) mass is 307 g/mol. The first-order valence-electron chi connectivity index (χ1n) is 6.04. The molecule has 0 amide bonds. The molecule has 0 unspecified atom stereocenters. The molecule has 96 valence electrons. The van der Waals surface area contributed by atoms with Crippen LogP contribution in [0.25, 0.3) is 0 Å². The van der Waals surface area contributed by atoms with Gasteiger partial charge in [-0.3, -0.25) is 0 Å². The van der Waals surface area contributed by atoms with Gasteiger partial charge in [0.1, 0.15) is 5.82 Å². The molecule has 1 heterocycles. The van der Waals surface area contributed by atoms with Crippen molar-refractivity contribution in [3.05, 3.63) is 51.0 Å². The first kappa shape index (κ1) is 13.3. The summed E-state index contributed by atoms with van der Waals surface area (Å²) in [6.45, 7) is 4.95. The lowest BCUT2D eigenvalue weighted by atomic mass is 10.1. The van der Waals surface area contributed by atoms with Gasteiger partial charge in [-0.25, -0.2) is 4.98 Å². The second-order valence-electron chi connectivity index (χ2n) is 4.55. The minimum atomic E-state index is 0.776. The SMILES string of the molecule is CNCc1nc(Cc2ccc(C)c(Br)c2)c(C)[nH]1. The molecular formula is C14H18BrN3. The van der Waals surface area contributed by atoms with E-state index >= 15 is 0 Å². The molecule has 0 fully saturated rings. The second-order valence-corrected chi connectivity index (χ2v) is 5.40. The third-order valence-corrected chi connectivity index (χ3v) is 3.84. The Kier molecular flexibility index (Phi) is 4.19. The van der Waals surface area contributed by atoms with Crippen LogP contribution in [0, 0.1) is 13.8 Å². The largest absolute Gasteiger partial charge is 0.345 e. The predicted octanol–water partition coefficient (Wildman–Crippen LogP) is 3.10. The molecule has 0 aliphatic rings. The van der Waals surface area contributed by atoms with E-state index in [1.165, 1.54) is 11.1 Å². The van der Waals surface area contributed by atoms with Crippen LogP contribution in [0.1, 0.15) is 28.3 Å². The first-order valence-corrected chi connectivity index (χ1v) is 6.83. The summed E-state index contributed by atoms with van der Waals surface area (Å²) in [5.74, 6) is 0.996. The summed E-state index contributed by atoms with van der Waals surface area (Å²) in [4.78, 5) is 7.92. The average Bonchev–Trinajstić information content (AvgIpc) is 2.65. The number of halogens is 1. The lowest BCUT2D eigenvalue weighted by molar-refractivity contribution is 0.768. The van der Waals surface area contributed by atoms with Crippen LogP contribution in [0.4, 0.5) is 0 Å². The molecule has 0 aliphatic heterocycles. The van der Waals surface area contributed by atoms with Crippen molar-refractivity contribution in [2.75, 3.05) is 7.05 Å². The number of imidazole rings is 1. The molecule has 0 atom stereocenters. The normalized spacial score (nSPS) is 10.9. The van der Waals surface area contributed by atoms with Crippen molar-refractivity contribution in [2.24, 2.45) is 0 Å². The highest BCUT2D eigenvalue weighted by molar-refractivity contribution is 9.10. The molecule has 1 aromatic heterocycles. The highest BCUT2D eigenvalue weighted by atomic mass is 79.9. The first-order chi connectivity index (χ1) is 8.60. The minimum absolute atomic E-state index is 0.776. The number of aromatic nitrogens is 2. The molecule has 2 N–H and O–H groups in total. The topological polar surface area (TPSA) is 40.7 Å². The molecule has 0 aliphatic carbocycles. The summed E-state index contributed by atoms with van der Waals surface area (Å²) < 4.78 is 1.16. The molecule has 4 heteroatoms. The van der Waals surface area contributed by atoms with Crippen molar-refractivity contribution in [1.29, 1.82) is 0 Å². The highest BCUT2D eigenvalue weighted by Crippen LogP contribution is 2.20. The van der Waals surface area contributed by atoms with Gasteiger partial charge >= 0.3 is 0 Å². The van der Waals surface area contributed by atoms with E-state index in [0.29, 0.717) is 0 Å². The van der Waals surface area contributed by atoms with Gasteiger partial charge in [-0.15, -0.1) is 0 Å². The van der Waals surface area contributed by atoms with E-state index in [1.807, 2.05) is 7.05 Å². The number of hydrogen-bond acceptors (Lipinski definition) is 2. The number of H-pyrrole nitrogens is 1. The van der Waals surface area contributed by atoms with Crippen LogP contribution in [-0.4, -0.2) is 17.0 Å². The molecule has 3 nitrogen and oxygen atoms in total. The molecule has 0 spiro atoms. The fourth-order valence-electron chi connectivity index (χ4n) is 1.93. The number of hydrogen-bond donors (Lipinski definition) is 2. The molecule has 2 rings (SSSR count). The lowest BCUT2D eigenvalue weighted by Crippen LogP contribution is -2.06. The lowest BCUT2D eigenvalue weighted by Gasteiger charge is -2.03. The summed E-state index contributed by atoms with van der Waals surface area (Å²) in [5.41, 5.74) is 4.81. The Morgan fingerprint density at radius 3 is 2.78 bits per heavy atom. The van der Waals surface area contributed by atoms with Crippen LogP contribution in [0.3, 0.4) is 0 Å². The summed E-state index contributed by atoms with van der Waals surface area (Å²) >= 11 is 3.57. The number of nitrogens with zero attached hydrogens (tertiary/aromatic N) is 1. The van der Waals surface area contributed by atoms with Crippen LogP contribution in [0.2, 0.25) is 0 Å². The van der Waals surface area contributed by atoms with Gasteiger partial charge in [-0.1, -0.05) is 28.1 Å². The number of nitrogens with one attached hydrogen (secondary N) is 2. The summed E-state index contributed by atoms with van der Waals surface area (Å²) in [7, 11) is 1.93. The van der Waals surface area contributed by atoms with Gasteiger partial charge in [-0.2, -0.15) is 0 Å². The summed E-state index contributed by atoms with van der Waals surface area (Å²) in [6.07, 6.45) is 0.866. The smallest absolute Gasteiger partial charge is 0.120 e. The number of aromatic amines is 1. The molecule has 1 aromatic carbocycles. The van der Waals surface area contributed by atoms with E-state index in [4.69, 9.17) is 0 Å². The van der Waals surface area contributed by atoms with E-state index < -0.39 is 0 Å². The number of rotatable bonds is 4. The molecule has 0 radical (unpaired) electrons. The Labute approximate surface area is 116 Å². The van der Waals surface area contributed by atoms with E-state index in [1.54, 1.807) is 0 Å². The Morgan fingerprint density at radius 2 is 2.11 bits per heavy atom. The molecule has 18 heavy (non-hydrogen) atoms. The van der Waals surface area contributed by atoms with E-state index in [9.17, 15) is 0 Å². The predicted molar refractivity (Wildman–Crippen MR) is 77.8 cm³/mol. The maximum absolute atomic E-state index is 4.61. The molecule has 0 bridgehead atoms. The summed E-state index contributed by atoms with van der Waals surface area (Å²) in [6, 6.07) is 6.46. The molecule has 2 aromatic rings. The zero-order chi connectivity index (χ0) is 13.1. The highest BCUT2D eigenvalue weighted by Gasteiger charge is 2.07. The van der Waals surface area contributed by atoms with Crippen LogP contribution in [-0.2, 0) is 13.0 Å². The average molecular weight is 308 g/mol. The maximum atomic E-state index is 4.61. The third kappa shape index (κ3) is 3.00. The Balaban J connectivity index is 2.20. The molecule has 0 saturated carbocycles. The van der Waals surface area contributed by atoms with E-state index in [2.05, 4.69) is 63.3 Å². The van der Waals surface area contributed by atoms with Gasteiger partial charge in [0.2, 0.25) is 0 Å². The zero-order valence-electron chi connectivity index (χ0n) is 11.0. The molecule has 0 saturated heterocycles. The van der Waals surface area contributed by atoms with Crippen molar-refractivity contribution in [1.82, 2.24) is 15.3 Å². The summed E-state index contributed by atoms with van der Waals surface area (Å²) in [5, 5.41) is 3.10. The van der Waals surface area contributed by atoms with Crippen molar-refractivity contribution >= 4 is 15.9 Å². The van der Waals surface area contributed by atoms with Crippen LogP contribution in [0.5, 0.6) is 0 Å². The quantitative estimate of drug-likeness (QED) is 0.911. The Morgan fingerprint density at radius 1 is 1.33 bits per heavy atom. The molecular weight excluding hydrogens is 290 g/mol. The standard InChI is InChI=1S/C14H18BrN3/c1-9-4-5-11(6-12(9)15)7-13-10(2)17-14(18-13)8-16-3/h4-6,16H,7-8H2,1-3H3,(H,17,18). The Hall–Kier alpha value is -1.13. The number of benzene rings is 1. The van der Waals surface area contributed by atoms with Crippen LogP contribution >= 0.6 is 15.9 Å². The van der Waals surface area contributed by atoms with Crippen molar-refractivity contribution in [3.8, 4) is 0 Å². The van der Waals surface area contributed by atoms with Gasteiger partial charge in [0.25, 0.3) is 0 Å². The van der Waals surface area contributed by atoms with E-state index in [-0.39, 0.29) is 0 Å². The second kappa shape index (κ2) is 5.67. The zero-order valence-corrected chi connectivity index (χ0v) is 12.6. The van der Waals surface area contributed by atoms with Crippen molar-refractivity contribution < 1.29 is 0 Å². The van der Waals surface area contributed by atoms with Gasteiger partial charge in [0.05, 0.1) is 12.2 Å². The van der Waals surface area contributed by atoms with Crippen LogP contribution in [0.15, 0.2) is 22.7 Å². The van der Waals surface area contributed by atoms with Crippen molar-refractivity contribution in [3.63, 3.8) is 0 Å². The maximum Gasteiger partial charge on any atom is 0.120 e. The fourth-order valence-corrected chi connectivity index (χ4v) is 2.35.